The Morgan fingerprint density at radius 1 is 0.917 bits per heavy atom. The number of esters is 1. The lowest BCUT2D eigenvalue weighted by Gasteiger charge is -2.33. The SMILES string of the molecule is COC(=O)C(OC(C)(C)C)c1c(C)nc2cc3nn2c1-c1cc2c(cc1C)OCCN2CCCCCc1ccccc1-c1cccc-3c1. The maximum absolute atomic E-state index is 13.5. The Bertz CT molecular complexity index is 2010. The molecule has 0 fully saturated rings. The minimum absolute atomic E-state index is 0.482. The average Bonchev–Trinajstić information content (AvgIpc) is 3.49. The van der Waals surface area contributed by atoms with Crippen LogP contribution in [-0.2, 0) is 20.7 Å². The minimum Gasteiger partial charge on any atom is -0.490 e. The van der Waals surface area contributed by atoms with Crippen molar-refractivity contribution >= 4 is 17.3 Å². The molecule has 1 unspecified atom stereocenters. The number of nitrogens with zero attached hydrogens (tertiary/aromatic N) is 4. The molecule has 0 aliphatic carbocycles. The summed E-state index contributed by atoms with van der Waals surface area (Å²) in [6.45, 7) is 12.2. The van der Waals surface area contributed by atoms with Gasteiger partial charge in [0.05, 0.1) is 36.3 Å². The number of aromatic nitrogens is 3. The highest BCUT2D eigenvalue weighted by molar-refractivity contribution is 5.85. The smallest absolute Gasteiger partial charge is 0.339 e. The molecule has 2 aromatic heterocycles. The second kappa shape index (κ2) is 12.7. The standard InChI is InChI=1S/C40H44N4O4/c1-25-21-34-33-23-31(25)37-36(38(39(45)46-6)48-40(3,4)5)26(2)41-35-24-32(42-44(35)37)29-16-12-15-28(22-29)30-17-10-9-14-27(30)13-8-7-11-18-43(33)19-20-47-34/h9-10,12,14-17,21-24,38H,7-8,11,13,18-20H2,1-6H3. The largest absolute Gasteiger partial charge is 0.490 e. The third kappa shape index (κ3) is 6.05. The van der Waals surface area contributed by atoms with Gasteiger partial charge in [-0.3, -0.25) is 0 Å². The molecule has 0 saturated carbocycles. The number of aryl methyl sites for hydroxylation is 3. The molecule has 5 aromatic rings. The fourth-order valence-electron chi connectivity index (χ4n) is 7.10. The Morgan fingerprint density at radius 3 is 2.54 bits per heavy atom. The van der Waals surface area contributed by atoms with Crippen molar-refractivity contribution in [1.82, 2.24) is 14.6 Å². The van der Waals surface area contributed by atoms with E-state index in [1.54, 1.807) is 0 Å². The van der Waals surface area contributed by atoms with E-state index in [1.807, 2.05) is 38.3 Å². The highest BCUT2D eigenvalue weighted by Crippen LogP contribution is 2.43. The van der Waals surface area contributed by atoms with Crippen molar-refractivity contribution in [2.75, 3.05) is 31.7 Å². The van der Waals surface area contributed by atoms with Gasteiger partial charge >= 0.3 is 5.97 Å². The third-order valence-corrected chi connectivity index (χ3v) is 9.36. The van der Waals surface area contributed by atoms with Gasteiger partial charge < -0.3 is 19.1 Å². The molecule has 48 heavy (non-hydrogen) atoms. The van der Waals surface area contributed by atoms with Gasteiger partial charge in [0.25, 0.3) is 0 Å². The Hall–Kier alpha value is -4.69. The van der Waals surface area contributed by atoms with Crippen LogP contribution in [0.3, 0.4) is 0 Å². The monoisotopic (exact) mass is 644 g/mol. The second-order valence-electron chi connectivity index (χ2n) is 13.9. The highest BCUT2D eigenvalue weighted by atomic mass is 16.6. The first-order chi connectivity index (χ1) is 23.1. The van der Waals surface area contributed by atoms with Gasteiger partial charge in [-0.15, -0.1) is 0 Å². The molecular formula is C40H44N4O4. The Kier molecular flexibility index (Phi) is 8.46. The number of carbonyl (C=O) groups is 1. The van der Waals surface area contributed by atoms with Gasteiger partial charge in [-0.05, 0) is 94.3 Å². The molecule has 1 atom stereocenters. The van der Waals surface area contributed by atoms with Gasteiger partial charge in [0.15, 0.2) is 11.8 Å². The van der Waals surface area contributed by atoms with Crippen molar-refractivity contribution in [1.29, 1.82) is 0 Å². The Balaban J connectivity index is 1.53. The molecule has 2 aliphatic heterocycles. The normalized spacial score (nSPS) is 15.3. The van der Waals surface area contributed by atoms with Gasteiger partial charge in [0, 0.05) is 35.0 Å². The fraction of sp³-hybridized carbons (Fsp3) is 0.375. The summed E-state index contributed by atoms with van der Waals surface area (Å²) in [6, 6.07) is 23.7. The molecule has 8 heteroatoms. The van der Waals surface area contributed by atoms with E-state index in [9.17, 15) is 4.79 Å². The first-order valence-corrected chi connectivity index (χ1v) is 17.0. The molecule has 0 radical (unpaired) electrons. The highest BCUT2D eigenvalue weighted by Gasteiger charge is 2.35. The minimum atomic E-state index is -1.02. The number of hydrogen-bond acceptors (Lipinski definition) is 7. The molecule has 0 amide bonds. The Morgan fingerprint density at radius 2 is 1.73 bits per heavy atom. The molecule has 7 rings (SSSR count). The van der Waals surface area contributed by atoms with Crippen LogP contribution in [-0.4, -0.2) is 53.0 Å². The maximum Gasteiger partial charge on any atom is 0.339 e. The first-order valence-electron chi connectivity index (χ1n) is 17.0. The van der Waals surface area contributed by atoms with Crippen molar-refractivity contribution in [2.24, 2.45) is 0 Å². The summed E-state index contributed by atoms with van der Waals surface area (Å²) in [5, 5.41) is 5.22. The van der Waals surface area contributed by atoms with Crippen molar-refractivity contribution in [3.05, 3.63) is 89.1 Å². The second-order valence-corrected chi connectivity index (χ2v) is 13.9. The van der Waals surface area contributed by atoms with Gasteiger partial charge in [-0.2, -0.15) is 5.10 Å². The van der Waals surface area contributed by atoms with Crippen LogP contribution in [0.25, 0.3) is 39.3 Å². The van der Waals surface area contributed by atoms with Crippen molar-refractivity contribution < 1.29 is 19.0 Å². The van der Waals surface area contributed by atoms with Crippen LogP contribution >= 0.6 is 0 Å². The van der Waals surface area contributed by atoms with Crippen LogP contribution in [0.5, 0.6) is 5.75 Å². The predicted octanol–water partition coefficient (Wildman–Crippen LogP) is 8.30. The number of hydrogen-bond donors (Lipinski definition) is 0. The summed E-state index contributed by atoms with van der Waals surface area (Å²) in [7, 11) is 1.40. The van der Waals surface area contributed by atoms with Crippen molar-refractivity contribution in [3.63, 3.8) is 0 Å². The van der Waals surface area contributed by atoms with Crippen molar-refractivity contribution in [2.45, 2.75) is 72.0 Å². The van der Waals surface area contributed by atoms with Crippen molar-refractivity contribution in [3.8, 4) is 39.4 Å². The lowest BCUT2D eigenvalue weighted by Crippen LogP contribution is -2.33. The molecular weight excluding hydrogens is 600 g/mol. The Labute approximate surface area is 282 Å². The third-order valence-electron chi connectivity index (χ3n) is 9.36. The first kappa shape index (κ1) is 31.9. The molecule has 6 bridgehead atoms. The predicted molar refractivity (Wildman–Crippen MR) is 190 cm³/mol. The number of benzene rings is 3. The van der Waals surface area contributed by atoms with Crippen LogP contribution in [0.15, 0.2) is 66.7 Å². The summed E-state index contributed by atoms with van der Waals surface area (Å²) in [4.78, 5) is 21.0. The summed E-state index contributed by atoms with van der Waals surface area (Å²) in [5.41, 5.74) is 10.7. The summed E-state index contributed by atoms with van der Waals surface area (Å²) >= 11 is 0. The van der Waals surface area contributed by atoms with Crippen LogP contribution in [0.4, 0.5) is 5.69 Å². The number of fused-ring (bicyclic) bond motifs is 8. The van der Waals surface area contributed by atoms with Crippen LogP contribution in [0, 0.1) is 13.8 Å². The molecule has 0 saturated heterocycles. The van der Waals surface area contributed by atoms with Crippen LogP contribution in [0.2, 0.25) is 0 Å². The number of ether oxygens (including phenoxy) is 3. The van der Waals surface area contributed by atoms with E-state index in [0.717, 1.165) is 78.3 Å². The van der Waals surface area contributed by atoms with Gasteiger partial charge in [0.2, 0.25) is 0 Å². The summed E-state index contributed by atoms with van der Waals surface area (Å²) in [6.07, 6.45) is 3.35. The molecule has 8 nitrogen and oxygen atoms in total. The van der Waals surface area contributed by atoms with E-state index in [-0.39, 0.29) is 0 Å². The average molecular weight is 645 g/mol. The van der Waals surface area contributed by atoms with E-state index < -0.39 is 17.7 Å². The summed E-state index contributed by atoms with van der Waals surface area (Å²) in [5.74, 6) is 0.395. The van der Waals surface area contributed by atoms with E-state index in [4.69, 9.17) is 24.3 Å². The molecule has 0 N–H and O–H groups in total. The lowest BCUT2D eigenvalue weighted by molar-refractivity contribution is -0.164. The number of rotatable bonds is 3. The molecule has 0 spiro atoms. The number of anilines is 1. The van der Waals surface area contributed by atoms with E-state index in [2.05, 4.69) is 72.5 Å². The lowest BCUT2D eigenvalue weighted by atomic mass is 9.94. The van der Waals surface area contributed by atoms with E-state index >= 15 is 0 Å². The zero-order valence-electron chi connectivity index (χ0n) is 28.8. The zero-order chi connectivity index (χ0) is 33.6. The quantitative estimate of drug-likeness (QED) is 0.183. The molecule has 248 valence electrons. The van der Waals surface area contributed by atoms with Crippen LogP contribution in [0.1, 0.15) is 68.5 Å². The van der Waals surface area contributed by atoms with Gasteiger partial charge in [0.1, 0.15) is 12.4 Å². The topological polar surface area (TPSA) is 78.2 Å². The summed E-state index contributed by atoms with van der Waals surface area (Å²) < 4.78 is 19.9. The van der Waals surface area contributed by atoms with Crippen LogP contribution < -0.4 is 9.64 Å². The number of carbonyl (C=O) groups excluding carboxylic acids is 1. The number of methoxy groups -OCH3 is 1. The zero-order valence-corrected chi connectivity index (χ0v) is 28.8. The van der Waals surface area contributed by atoms with E-state index in [0.29, 0.717) is 23.5 Å². The van der Waals surface area contributed by atoms with Gasteiger partial charge in [-0.1, -0.05) is 48.9 Å². The fourth-order valence-corrected chi connectivity index (χ4v) is 7.10. The van der Waals surface area contributed by atoms with E-state index in [1.165, 1.54) is 23.8 Å². The molecule has 4 heterocycles. The molecule has 2 aliphatic rings. The maximum atomic E-state index is 13.5. The molecule has 3 aromatic carbocycles. The van der Waals surface area contributed by atoms with Gasteiger partial charge in [-0.25, -0.2) is 14.3 Å².